The van der Waals surface area contributed by atoms with Gasteiger partial charge in [0, 0.05) is 24.0 Å². The second-order valence-corrected chi connectivity index (χ2v) is 7.07. The first kappa shape index (κ1) is 13.4. The smallest absolute Gasteiger partial charge is 0.175 e. The Kier molecular flexibility index (Phi) is 3.92. The van der Waals surface area contributed by atoms with Crippen molar-refractivity contribution in [3.8, 4) is 0 Å². The van der Waals surface area contributed by atoms with Gasteiger partial charge in [0.2, 0.25) is 0 Å². The lowest BCUT2D eigenvalue weighted by Gasteiger charge is -2.27. The predicted octanol–water partition coefficient (Wildman–Crippen LogP) is 1.77. The van der Waals surface area contributed by atoms with Gasteiger partial charge >= 0.3 is 0 Å². The zero-order valence-electron chi connectivity index (χ0n) is 10.6. The maximum absolute atomic E-state index is 11.5. The van der Waals surface area contributed by atoms with Crippen molar-refractivity contribution in [2.24, 2.45) is 5.73 Å². The van der Waals surface area contributed by atoms with Gasteiger partial charge in [0.05, 0.1) is 4.90 Å². The van der Waals surface area contributed by atoms with Crippen LogP contribution < -0.4 is 11.1 Å². The molecule has 0 radical (unpaired) electrons. The maximum atomic E-state index is 11.5. The number of benzene rings is 1. The Hall–Kier alpha value is -1.07. The molecule has 1 fully saturated rings. The first-order valence-corrected chi connectivity index (χ1v) is 8.16. The number of sulfone groups is 1. The lowest BCUT2D eigenvalue weighted by Crippen LogP contribution is -2.32. The van der Waals surface area contributed by atoms with E-state index in [2.05, 4.69) is 5.32 Å². The highest BCUT2D eigenvalue weighted by molar-refractivity contribution is 7.90. The maximum Gasteiger partial charge on any atom is 0.175 e. The largest absolute Gasteiger partial charge is 0.382 e. The number of nitrogens with two attached hydrogens (primary N) is 1. The van der Waals surface area contributed by atoms with Gasteiger partial charge in [0.1, 0.15) is 0 Å². The number of hydrogen-bond donors (Lipinski definition) is 2. The third-order valence-corrected chi connectivity index (χ3v) is 4.52. The minimum atomic E-state index is -3.13. The molecular weight excluding hydrogens is 248 g/mol. The van der Waals surface area contributed by atoms with E-state index in [1.807, 2.05) is 6.07 Å². The number of hydrogen-bond acceptors (Lipinski definition) is 4. The Morgan fingerprint density at radius 3 is 2.50 bits per heavy atom. The summed E-state index contributed by atoms with van der Waals surface area (Å²) in [5.74, 6) is 0. The molecule has 1 aliphatic rings. The molecule has 5 heteroatoms. The molecule has 1 aromatic rings. The Morgan fingerprint density at radius 1 is 1.22 bits per heavy atom. The lowest BCUT2D eigenvalue weighted by atomic mass is 9.92. The average molecular weight is 268 g/mol. The van der Waals surface area contributed by atoms with Crippen LogP contribution in [0, 0.1) is 0 Å². The summed E-state index contributed by atoms with van der Waals surface area (Å²) in [6.07, 6.45) is 5.38. The van der Waals surface area contributed by atoms with Crippen LogP contribution in [0.1, 0.15) is 25.7 Å². The standard InChI is InChI=1S/C13H20N2O2S/c1-18(16,17)13-4-2-3-12(9-13)15-11-7-5-10(14)6-8-11/h2-4,9-11,15H,5-8,14H2,1H3. The third-order valence-electron chi connectivity index (χ3n) is 3.40. The molecule has 0 saturated heterocycles. The van der Waals surface area contributed by atoms with Crippen LogP contribution in [0.4, 0.5) is 5.69 Å². The summed E-state index contributed by atoms with van der Waals surface area (Å²) in [6, 6.07) is 7.72. The molecule has 2 rings (SSSR count). The van der Waals surface area contributed by atoms with Crippen molar-refractivity contribution in [2.75, 3.05) is 11.6 Å². The van der Waals surface area contributed by atoms with E-state index in [1.54, 1.807) is 18.2 Å². The van der Waals surface area contributed by atoms with Crippen molar-refractivity contribution in [1.29, 1.82) is 0 Å². The summed E-state index contributed by atoms with van der Waals surface area (Å²) >= 11 is 0. The zero-order valence-corrected chi connectivity index (χ0v) is 11.4. The number of nitrogens with one attached hydrogen (secondary N) is 1. The quantitative estimate of drug-likeness (QED) is 0.876. The first-order chi connectivity index (χ1) is 8.45. The van der Waals surface area contributed by atoms with Gasteiger partial charge in [-0.05, 0) is 43.9 Å². The van der Waals surface area contributed by atoms with Crippen molar-refractivity contribution in [3.05, 3.63) is 24.3 Å². The van der Waals surface area contributed by atoms with Gasteiger partial charge in [-0.2, -0.15) is 0 Å². The molecule has 18 heavy (non-hydrogen) atoms. The van der Waals surface area contributed by atoms with Gasteiger partial charge in [0.25, 0.3) is 0 Å². The van der Waals surface area contributed by atoms with E-state index in [1.165, 1.54) is 6.26 Å². The lowest BCUT2D eigenvalue weighted by molar-refractivity contribution is 0.411. The molecule has 0 atom stereocenters. The molecule has 1 aromatic carbocycles. The Labute approximate surface area is 108 Å². The van der Waals surface area contributed by atoms with E-state index >= 15 is 0 Å². The van der Waals surface area contributed by atoms with Crippen molar-refractivity contribution < 1.29 is 8.42 Å². The molecule has 0 heterocycles. The van der Waals surface area contributed by atoms with E-state index < -0.39 is 9.84 Å². The van der Waals surface area contributed by atoms with Crippen LogP contribution >= 0.6 is 0 Å². The van der Waals surface area contributed by atoms with E-state index in [0.29, 0.717) is 17.0 Å². The molecule has 0 amide bonds. The predicted molar refractivity (Wildman–Crippen MR) is 73.4 cm³/mol. The fourth-order valence-electron chi connectivity index (χ4n) is 2.32. The second kappa shape index (κ2) is 5.28. The summed E-state index contributed by atoms with van der Waals surface area (Å²) in [6.45, 7) is 0. The van der Waals surface area contributed by atoms with Crippen molar-refractivity contribution in [1.82, 2.24) is 0 Å². The Morgan fingerprint density at radius 2 is 1.89 bits per heavy atom. The van der Waals surface area contributed by atoms with Crippen LogP contribution in [-0.4, -0.2) is 26.8 Å². The first-order valence-electron chi connectivity index (χ1n) is 6.27. The summed E-state index contributed by atoms with van der Waals surface area (Å²) in [7, 11) is -3.13. The van der Waals surface area contributed by atoms with E-state index in [9.17, 15) is 8.42 Å². The van der Waals surface area contributed by atoms with E-state index in [-0.39, 0.29) is 0 Å². The highest BCUT2D eigenvalue weighted by Gasteiger charge is 2.18. The number of anilines is 1. The summed E-state index contributed by atoms with van der Waals surface area (Å²) in [5.41, 5.74) is 6.74. The van der Waals surface area contributed by atoms with Gasteiger partial charge < -0.3 is 11.1 Å². The average Bonchev–Trinajstić information content (AvgIpc) is 2.31. The minimum Gasteiger partial charge on any atom is -0.382 e. The van der Waals surface area contributed by atoms with Gasteiger partial charge in [-0.1, -0.05) is 6.07 Å². The third kappa shape index (κ3) is 3.46. The highest BCUT2D eigenvalue weighted by Crippen LogP contribution is 2.22. The normalized spacial score (nSPS) is 24.8. The highest BCUT2D eigenvalue weighted by atomic mass is 32.2. The van der Waals surface area contributed by atoms with Gasteiger partial charge in [-0.3, -0.25) is 0 Å². The van der Waals surface area contributed by atoms with Crippen LogP contribution in [0.2, 0.25) is 0 Å². The van der Waals surface area contributed by atoms with Crippen LogP contribution in [-0.2, 0) is 9.84 Å². The SMILES string of the molecule is CS(=O)(=O)c1cccc(NC2CCC(N)CC2)c1. The van der Waals surface area contributed by atoms with Crippen LogP contribution in [0.5, 0.6) is 0 Å². The van der Waals surface area contributed by atoms with E-state index in [4.69, 9.17) is 5.73 Å². The van der Waals surface area contributed by atoms with Gasteiger partial charge in [-0.25, -0.2) is 8.42 Å². The molecule has 1 aliphatic carbocycles. The van der Waals surface area contributed by atoms with Crippen LogP contribution in [0.3, 0.4) is 0 Å². The molecule has 0 spiro atoms. The molecular formula is C13H20N2O2S. The monoisotopic (exact) mass is 268 g/mol. The topological polar surface area (TPSA) is 72.2 Å². The molecule has 100 valence electrons. The molecule has 0 aromatic heterocycles. The van der Waals surface area contributed by atoms with Crippen molar-refractivity contribution >= 4 is 15.5 Å². The second-order valence-electron chi connectivity index (χ2n) is 5.06. The van der Waals surface area contributed by atoms with Gasteiger partial charge in [-0.15, -0.1) is 0 Å². The fourth-order valence-corrected chi connectivity index (χ4v) is 2.98. The minimum absolute atomic E-state index is 0.324. The van der Waals surface area contributed by atoms with Crippen LogP contribution in [0.25, 0.3) is 0 Å². The van der Waals surface area contributed by atoms with Gasteiger partial charge in [0.15, 0.2) is 9.84 Å². The molecule has 0 unspecified atom stereocenters. The molecule has 1 saturated carbocycles. The summed E-state index contributed by atoms with van der Waals surface area (Å²) in [4.78, 5) is 0.361. The zero-order chi connectivity index (χ0) is 13.2. The van der Waals surface area contributed by atoms with E-state index in [0.717, 1.165) is 31.4 Å². The molecule has 0 bridgehead atoms. The Bertz CT molecular complexity index is 505. The van der Waals surface area contributed by atoms with Crippen LogP contribution in [0.15, 0.2) is 29.2 Å². The van der Waals surface area contributed by atoms with Crippen molar-refractivity contribution in [3.63, 3.8) is 0 Å². The van der Waals surface area contributed by atoms with Crippen molar-refractivity contribution in [2.45, 2.75) is 42.7 Å². The Balaban J connectivity index is 2.06. The number of rotatable bonds is 3. The molecule has 0 aliphatic heterocycles. The molecule has 4 nitrogen and oxygen atoms in total. The fraction of sp³-hybridized carbons (Fsp3) is 0.538. The summed E-state index contributed by atoms with van der Waals surface area (Å²) in [5, 5.41) is 3.39. The summed E-state index contributed by atoms with van der Waals surface area (Å²) < 4.78 is 23.0. The molecule has 3 N–H and O–H groups in total.